The molecule has 0 spiro atoms. The Morgan fingerprint density at radius 2 is 1.31 bits per heavy atom. The van der Waals surface area contributed by atoms with E-state index in [0.29, 0.717) is 0 Å². The van der Waals surface area contributed by atoms with Gasteiger partial charge in [-0.15, -0.1) is 0 Å². The molecule has 0 aliphatic rings. The summed E-state index contributed by atoms with van der Waals surface area (Å²) >= 11 is 0. The van der Waals surface area contributed by atoms with Crippen molar-refractivity contribution in [2.24, 2.45) is 5.41 Å². The van der Waals surface area contributed by atoms with Crippen LogP contribution < -0.4 is 0 Å². The highest BCUT2D eigenvalue weighted by molar-refractivity contribution is 5.52. The van der Waals surface area contributed by atoms with E-state index in [1.807, 2.05) is 0 Å². The van der Waals surface area contributed by atoms with Crippen molar-refractivity contribution in [3.05, 3.63) is 34.4 Å². The fourth-order valence-corrected chi connectivity index (χ4v) is 4.70. The van der Waals surface area contributed by atoms with Crippen molar-refractivity contribution in [3.8, 4) is 0 Å². The van der Waals surface area contributed by atoms with E-state index in [-0.39, 0.29) is 22.9 Å². The van der Waals surface area contributed by atoms with Crippen molar-refractivity contribution >= 4 is 0 Å². The number of hydrogen-bond donors (Lipinski definition) is 2. The Bertz CT molecular complexity index is 661. The van der Waals surface area contributed by atoms with Crippen molar-refractivity contribution < 1.29 is 10.2 Å². The second kappa shape index (κ2) is 9.10. The maximum atomic E-state index is 11.7. The molecule has 0 radical (unpaired) electrons. The molecule has 0 saturated heterocycles. The molecule has 2 N–H and O–H groups in total. The van der Waals surface area contributed by atoms with Crippen LogP contribution in [0.3, 0.4) is 0 Å². The van der Waals surface area contributed by atoms with E-state index < -0.39 is 11.5 Å². The van der Waals surface area contributed by atoms with Gasteiger partial charge in [-0.2, -0.15) is 0 Å². The van der Waals surface area contributed by atoms with Gasteiger partial charge in [-0.1, -0.05) is 101 Å². The van der Waals surface area contributed by atoms with E-state index in [9.17, 15) is 10.2 Å². The van der Waals surface area contributed by atoms with Crippen molar-refractivity contribution in [2.75, 3.05) is 6.61 Å². The summed E-state index contributed by atoms with van der Waals surface area (Å²) in [5, 5.41) is 22.1. The lowest BCUT2D eigenvalue weighted by Gasteiger charge is -2.42. The van der Waals surface area contributed by atoms with Gasteiger partial charge in [-0.3, -0.25) is 0 Å². The van der Waals surface area contributed by atoms with Gasteiger partial charge in [0.25, 0.3) is 0 Å². The normalized spacial score (nSPS) is 16.6. The summed E-state index contributed by atoms with van der Waals surface area (Å²) < 4.78 is 0. The SMILES string of the molecule is CCCCC(CC)(CO)C(O)c1ccc(C(C)(C)C)c(C(C)(C)C)c1C(C)(C)C. The molecule has 2 nitrogen and oxygen atoms in total. The van der Waals surface area contributed by atoms with E-state index in [0.717, 1.165) is 31.2 Å². The number of aliphatic hydroxyl groups excluding tert-OH is 2. The molecule has 2 heteroatoms. The third-order valence-electron chi connectivity index (χ3n) is 6.47. The molecular weight excluding hydrogens is 356 g/mol. The van der Waals surface area contributed by atoms with Gasteiger partial charge in [-0.25, -0.2) is 0 Å². The Kier molecular flexibility index (Phi) is 8.21. The zero-order valence-electron chi connectivity index (χ0n) is 21.2. The smallest absolute Gasteiger partial charge is 0.0871 e. The highest BCUT2D eigenvalue weighted by atomic mass is 16.3. The Hall–Kier alpha value is -0.860. The molecule has 2 unspecified atom stereocenters. The number of benzene rings is 1. The monoisotopic (exact) mass is 404 g/mol. The Balaban J connectivity index is 3.93. The lowest BCUT2D eigenvalue weighted by molar-refractivity contribution is -0.0312. The van der Waals surface area contributed by atoms with Crippen LogP contribution in [0.15, 0.2) is 12.1 Å². The third-order valence-corrected chi connectivity index (χ3v) is 6.47. The molecular formula is C27H48O2. The fourth-order valence-electron chi connectivity index (χ4n) is 4.70. The Labute approximate surface area is 181 Å². The van der Waals surface area contributed by atoms with Crippen molar-refractivity contribution in [3.63, 3.8) is 0 Å². The summed E-state index contributed by atoms with van der Waals surface area (Å²) in [6, 6.07) is 4.37. The molecule has 29 heavy (non-hydrogen) atoms. The van der Waals surface area contributed by atoms with Gasteiger partial charge in [0.15, 0.2) is 0 Å². The lowest BCUT2D eigenvalue weighted by Crippen LogP contribution is -2.36. The minimum absolute atomic E-state index is 0.0140. The van der Waals surface area contributed by atoms with Gasteiger partial charge < -0.3 is 10.2 Å². The van der Waals surface area contributed by atoms with Gasteiger partial charge in [0.2, 0.25) is 0 Å². The van der Waals surface area contributed by atoms with E-state index in [1.54, 1.807) is 0 Å². The summed E-state index contributed by atoms with van der Waals surface area (Å²) in [5.74, 6) is 0. The van der Waals surface area contributed by atoms with Crippen molar-refractivity contribution in [2.45, 2.75) is 124 Å². The summed E-state index contributed by atoms with van der Waals surface area (Å²) in [6.45, 7) is 24.7. The number of rotatable bonds is 7. The molecule has 0 aliphatic carbocycles. The molecule has 0 heterocycles. The first kappa shape index (κ1) is 26.2. The van der Waals surface area contributed by atoms with E-state index >= 15 is 0 Å². The van der Waals surface area contributed by atoms with Gasteiger partial charge in [0, 0.05) is 5.41 Å². The lowest BCUT2D eigenvalue weighted by atomic mass is 9.64. The number of hydrogen-bond acceptors (Lipinski definition) is 2. The molecule has 2 atom stereocenters. The average molecular weight is 405 g/mol. The zero-order chi connectivity index (χ0) is 22.8. The summed E-state index contributed by atoms with van der Waals surface area (Å²) in [5.41, 5.74) is 4.34. The van der Waals surface area contributed by atoms with E-state index in [2.05, 4.69) is 88.3 Å². The zero-order valence-corrected chi connectivity index (χ0v) is 21.2. The van der Waals surface area contributed by atoms with Crippen LogP contribution in [0.1, 0.15) is 130 Å². The van der Waals surface area contributed by atoms with Crippen LogP contribution in [0.5, 0.6) is 0 Å². The first-order chi connectivity index (χ1) is 13.1. The summed E-state index contributed by atoms with van der Waals surface area (Å²) in [6.07, 6.45) is 3.01. The Morgan fingerprint density at radius 3 is 1.66 bits per heavy atom. The topological polar surface area (TPSA) is 40.5 Å². The van der Waals surface area contributed by atoms with E-state index in [1.165, 1.54) is 16.7 Å². The van der Waals surface area contributed by atoms with Crippen LogP contribution in [0.2, 0.25) is 0 Å². The van der Waals surface area contributed by atoms with Gasteiger partial charge in [-0.05, 0) is 51.3 Å². The molecule has 0 aromatic heterocycles. The summed E-state index contributed by atoms with van der Waals surface area (Å²) in [7, 11) is 0. The molecule has 0 saturated carbocycles. The molecule has 0 fully saturated rings. The molecule has 1 aromatic carbocycles. The van der Waals surface area contributed by atoms with Crippen LogP contribution >= 0.6 is 0 Å². The van der Waals surface area contributed by atoms with Crippen LogP contribution in [0.4, 0.5) is 0 Å². The average Bonchev–Trinajstić information content (AvgIpc) is 2.59. The molecule has 0 amide bonds. The van der Waals surface area contributed by atoms with Crippen LogP contribution in [0.25, 0.3) is 0 Å². The van der Waals surface area contributed by atoms with Gasteiger partial charge in [0.05, 0.1) is 12.7 Å². The highest BCUT2D eigenvalue weighted by Gasteiger charge is 2.41. The van der Waals surface area contributed by atoms with Crippen molar-refractivity contribution in [1.29, 1.82) is 0 Å². The highest BCUT2D eigenvalue weighted by Crippen LogP contribution is 2.48. The third kappa shape index (κ3) is 5.64. The Morgan fingerprint density at radius 1 is 0.793 bits per heavy atom. The number of unbranched alkanes of at least 4 members (excludes halogenated alkanes) is 1. The molecule has 0 bridgehead atoms. The predicted octanol–water partition coefficient (Wildman–Crippen LogP) is 7.19. The minimum atomic E-state index is -0.673. The van der Waals surface area contributed by atoms with Gasteiger partial charge >= 0.3 is 0 Å². The number of aliphatic hydroxyl groups is 2. The molecule has 0 aliphatic heterocycles. The van der Waals surface area contributed by atoms with Crippen molar-refractivity contribution in [1.82, 2.24) is 0 Å². The second-order valence-corrected chi connectivity index (χ2v) is 12.1. The molecule has 168 valence electrons. The van der Waals surface area contributed by atoms with Crippen LogP contribution in [-0.4, -0.2) is 16.8 Å². The quantitative estimate of drug-likeness (QED) is 0.505. The molecule has 1 aromatic rings. The second-order valence-electron chi connectivity index (χ2n) is 12.1. The van der Waals surface area contributed by atoms with Gasteiger partial charge in [0.1, 0.15) is 0 Å². The van der Waals surface area contributed by atoms with Crippen LogP contribution in [0, 0.1) is 5.41 Å². The maximum Gasteiger partial charge on any atom is 0.0871 e. The minimum Gasteiger partial charge on any atom is -0.396 e. The maximum absolute atomic E-state index is 11.7. The first-order valence-corrected chi connectivity index (χ1v) is 11.5. The molecule has 1 rings (SSSR count). The fraction of sp³-hybridized carbons (Fsp3) is 0.778. The largest absolute Gasteiger partial charge is 0.396 e. The van der Waals surface area contributed by atoms with E-state index in [4.69, 9.17) is 0 Å². The summed E-state index contributed by atoms with van der Waals surface area (Å²) in [4.78, 5) is 0. The standard InChI is InChI=1S/C27H48O2/c1-12-14-17-27(13-2,18-28)23(29)19-15-16-20(24(3,4)5)22(26(9,10)11)21(19)25(6,7)8/h15-16,23,28-29H,12-14,17-18H2,1-11H3. The first-order valence-electron chi connectivity index (χ1n) is 11.5. The predicted molar refractivity (Wildman–Crippen MR) is 127 cm³/mol. The van der Waals surface area contributed by atoms with Crippen LogP contribution in [-0.2, 0) is 16.2 Å².